The topological polar surface area (TPSA) is 0 Å². The summed E-state index contributed by atoms with van der Waals surface area (Å²) in [6, 6.07) is 0. The van der Waals surface area contributed by atoms with Gasteiger partial charge in [0.1, 0.15) is 0 Å². The molecule has 0 radical (unpaired) electrons. The summed E-state index contributed by atoms with van der Waals surface area (Å²) >= 11 is 0. The average Bonchev–Trinajstić information content (AvgIpc) is 2.15. The SMILES string of the molecule is CC(C)[CH-]C1CCCC1.[K+]. The zero-order chi connectivity index (χ0) is 6.69. The minimum atomic E-state index is 0. The van der Waals surface area contributed by atoms with E-state index in [0.29, 0.717) is 0 Å². The van der Waals surface area contributed by atoms with E-state index in [9.17, 15) is 0 Å². The Morgan fingerprint density at radius 3 is 2.10 bits per heavy atom. The standard InChI is InChI=1S/C9H17.K/c1-8(2)7-9-5-3-4-6-9;/h7-9H,3-6H2,1-2H3;/q-1;+1. The van der Waals surface area contributed by atoms with Gasteiger partial charge in [0.15, 0.2) is 0 Å². The van der Waals surface area contributed by atoms with Crippen LogP contribution in [0.4, 0.5) is 0 Å². The Bertz CT molecular complexity index is 72.8. The zero-order valence-corrected chi connectivity index (χ0v) is 10.7. The van der Waals surface area contributed by atoms with E-state index in [4.69, 9.17) is 0 Å². The molecule has 0 atom stereocenters. The van der Waals surface area contributed by atoms with Crippen LogP contribution >= 0.6 is 0 Å². The summed E-state index contributed by atoms with van der Waals surface area (Å²) in [5.41, 5.74) is 0. The summed E-state index contributed by atoms with van der Waals surface area (Å²) in [6.45, 7) is 4.55. The molecule has 1 saturated carbocycles. The normalized spacial score (nSPS) is 19.5. The van der Waals surface area contributed by atoms with Crippen LogP contribution in [0.1, 0.15) is 39.5 Å². The molecule has 0 saturated heterocycles. The van der Waals surface area contributed by atoms with Gasteiger partial charge in [0.05, 0.1) is 0 Å². The molecule has 0 heterocycles. The van der Waals surface area contributed by atoms with Gasteiger partial charge in [0, 0.05) is 0 Å². The summed E-state index contributed by atoms with van der Waals surface area (Å²) in [4.78, 5) is 0. The van der Waals surface area contributed by atoms with E-state index in [1.165, 1.54) is 25.7 Å². The van der Waals surface area contributed by atoms with Crippen molar-refractivity contribution in [3.63, 3.8) is 0 Å². The van der Waals surface area contributed by atoms with Crippen LogP contribution in [0.3, 0.4) is 0 Å². The molecule has 0 aromatic carbocycles. The Hall–Kier alpha value is 1.64. The minimum Gasteiger partial charge on any atom is -0.323 e. The van der Waals surface area contributed by atoms with Crippen molar-refractivity contribution in [2.45, 2.75) is 39.5 Å². The zero-order valence-electron chi connectivity index (χ0n) is 7.56. The van der Waals surface area contributed by atoms with Crippen molar-refractivity contribution in [2.24, 2.45) is 11.8 Å². The van der Waals surface area contributed by atoms with Crippen LogP contribution in [0, 0.1) is 18.3 Å². The molecular formula is C9H17K. The molecule has 1 rings (SSSR count). The van der Waals surface area contributed by atoms with Gasteiger partial charge in [0.2, 0.25) is 0 Å². The van der Waals surface area contributed by atoms with Gasteiger partial charge in [-0.1, -0.05) is 39.5 Å². The Morgan fingerprint density at radius 2 is 1.70 bits per heavy atom. The second kappa shape index (κ2) is 6.19. The molecule has 1 aliphatic rings. The van der Waals surface area contributed by atoms with Gasteiger partial charge in [-0.25, -0.2) is 0 Å². The molecule has 0 unspecified atom stereocenters. The first-order valence-corrected chi connectivity index (χ1v) is 4.14. The molecule has 10 heavy (non-hydrogen) atoms. The van der Waals surface area contributed by atoms with Gasteiger partial charge >= 0.3 is 51.4 Å². The molecule has 0 amide bonds. The fourth-order valence-electron chi connectivity index (χ4n) is 1.69. The molecule has 0 aromatic heterocycles. The Kier molecular flexibility index (Phi) is 7.20. The van der Waals surface area contributed by atoms with Gasteiger partial charge in [0.25, 0.3) is 0 Å². The van der Waals surface area contributed by atoms with E-state index in [2.05, 4.69) is 20.3 Å². The van der Waals surface area contributed by atoms with Crippen molar-refractivity contribution in [1.82, 2.24) is 0 Å². The molecule has 0 aliphatic heterocycles. The average molecular weight is 164 g/mol. The van der Waals surface area contributed by atoms with Crippen LogP contribution in [0.25, 0.3) is 0 Å². The number of hydrogen-bond donors (Lipinski definition) is 0. The van der Waals surface area contributed by atoms with Crippen LogP contribution in [-0.4, -0.2) is 0 Å². The molecule has 1 fully saturated rings. The van der Waals surface area contributed by atoms with Crippen molar-refractivity contribution < 1.29 is 51.4 Å². The first-order chi connectivity index (χ1) is 4.29. The smallest absolute Gasteiger partial charge is 0.323 e. The van der Waals surface area contributed by atoms with Crippen LogP contribution in [0.5, 0.6) is 0 Å². The van der Waals surface area contributed by atoms with Crippen molar-refractivity contribution in [3.05, 3.63) is 6.42 Å². The summed E-state index contributed by atoms with van der Waals surface area (Å²) in [6.07, 6.45) is 8.35. The van der Waals surface area contributed by atoms with Crippen LogP contribution in [-0.2, 0) is 0 Å². The predicted octanol–water partition coefficient (Wildman–Crippen LogP) is 0.0409. The molecule has 1 heteroatoms. The number of hydrogen-bond acceptors (Lipinski definition) is 0. The predicted molar refractivity (Wildman–Crippen MR) is 41.1 cm³/mol. The van der Waals surface area contributed by atoms with Gasteiger partial charge in [-0.15, -0.1) is 0 Å². The summed E-state index contributed by atoms with van der Waals surface area (Å²) in [5, 5.41) is 0. The molecule has 0 spiro atoms. The second-order valence-electron chi connectivity index (χ2n) is 3.48. The largest absolute Gasteiger partial charge is 1.00 e. The molecule has 0 nitrogen and oxygen atoms in total. The van der Waals surface area contributed by atoms with Crippen molar-refractivity contribution in [1.29, 1.82) is 0 Å². The summed E-state index contributed by atoms with van der Waals surface area (Å²) in [7, 11) is 0. The van der Waals surface area contributed by atoms with E-state index in [0.717, 1.165) is 11.8 Å². The van der Waals surface area contributed by atoms with Crippen molar-refractivity contribution >= 4 is 0 Å². The summed E-state index contributed by atoms with van der Waals surface area (Å²) in [5.74, 6) is 1.76. The third-order valence-electron chi connectivity index (χ3n) is 2.06. The van der Waals surface area contributed by atoms with Gasteiger partial charge < -0.3 is 6.42 Å². The molecule has 0 N–H and O–H groups in total. The van der Waals surface area contributed by atoms with Crippen LogP contribution < -0.4 is 51.4 Å². The molecule has 0 aromatic rings. The van der Waals surface area contributed by atoms with E-state index in [1.54, 1.807) is 0 Å². The number of rotatable bonds is 2. The first-order valence-electron chi connectivity index (χ1n) is 4.14. The Morgan fingerprint density at radius 1 is 1.20 bits per heavy atom. The monoisotopic (exact) mass is 164 g/mol. The maximum Gasteiger partial charge on any atom is 1.00 e. The molecule has 0 bridgehead atoms. The van der Waals surface area contributed by atoms with Gasteiger partial charge in [-0.05, 0) is 0 Å². The van der Waals surface area contributed by atoms with E-state index in [-0.39, 0.29) is 51.4 Å². The third kappa shape index (κ3) is 4.50. The van der Waals surface area contributed by atoms with Crippen molar-refractivity contribution in [2.75, 3.05) is 0 Å². The van der Waals surface area contributed by atoms with E-state index < -0.39 is 0 Å². The van der Waals surface area contributed by atoms with Crippen LogP contribution in [0.2, 0.25) is 0 Å². The third-order valence-corrected chi connectivity index (χ3v) is 2.06. The van der Waals surface area contributed by atoms with Crippen molar-refractivity contribution in [3.8, 4) is 0 Å². The maximum absolute atomic E-state index is 2.51. The van der Waals surface area contributed by atoms with Gasteiger partial charge in [-0.2, -0.15) is 11.8 Å². The summed E-state index contributed by atoms with van der Waals surface area (Å²) < 4.78 is 0. The van der Waals surface area contributed by atoms with Crippen LogP contribution in [0.15, 0.2) is 0 Å². The molecule has 1 aliphatic carbocycles. The molecular weight excluding hydrogens is 147 g/mol. The second-order valence-corrected chi connectivity index (χ2v) is 3.48. The van der Waals surface area contributed by atoms with E-state index >= 15 is 0 Å². The quantitative estimate of drug-likeness (QED) is 0.399. The first kappa shape index (κ1) is 11.6. The fourth-order valence-corrected chi connectivity index (χ4v) is 1.69. The minimum absolute atomic E-state index is 0. The van der Waals surface area contributed by atoms with Gasteiger partial charge in [-0.3, -0.25) is 0 Å². The maximum atomic E-state index is 2.51. The van der Waals surface area contributed by atoms with E-state index in [1.807, 2.05) is 0 Å². The molecule has 54 valence electrons. The Balaban J connectivity index is 0.000000810. The fraction of sp³-hybridized carbons (Fsp3) is 0.889. The Labute approximate surface area is 108 Å².